The predicted molar refractivity (Wildman–Crippen MR) is 456 cm³/mol. The van der Waals surface area contributed by atoms with Crippen LogP contribution >= 0.6 is 148 Å². The highest BCUT2D eigenvalue weighted by molar-refractivity contribution is 7.21. The third-order valence-corrected chi connectivity index (χ3v) is 27.5. The number of hydrogen-bond acceptors (Lipinski definition) is 26. The van der Waals surface area contributed by atoms with Crippen molar-refractivity contribution in [2.75, 3.05) is 72.9 Å². The van der Waals surface area contributed by atoms with E-state index < -0.39 is 11.9 Å². The van der Waals surface area contributed by atoms with Gasteiger partial charge in [0.15, 0.2) is 16.9 Å². The van der Waals surface area contributed by atoms with Gasteiger partial charge in [0.2, 0.25) is 0 Å². The molecule has 109 heavy (non-hydrogen) atoms. The number of carboxylic acids is 2. The topological polar surface area (TPSA) is 267 Å². The summed E-state index contributed by atoms with van der Waals surface area (Å²) in [5, 5.41) is 47.4. The number of piperazine rings is 1. The number of thiophene rings is 5. The Kier molecular flexibility index (Phi) is 31.9. The summed E-state index contributed by atoms with van der Waals surface area (Å²) in [7, 11) is 0. The van der Waals surface area contributed by atoms with Crippen molar-refractivity contribution in [2.45, 2.75) is 131 Å². The molecule has 3 aliphatic rings. The van der Waals surface area contributed by atoms with Gasteiger partial charge in [0.05, 0.1) is 86.1 Å². The minimum atomic E-state index is -1.02. The van der Waals surface area contributed by atoms with Crippen LogP contribution in [0.25, 0.3) is 52.9 Å². The molecule has 0 atom stereocenters. The number of pyridine rings is 1. The van der Waals surface area contributed by atoms with Gasteiger partial charge in [0, 0.05) is 90.4 Å². The first-order valence-electron chi connectivity index (χ1n) is 35.4. The predicted octanol–water partition coefficient (Wildman–Crippen LogP) is 21.8. The van der Waals surface area contributed by atoms with Crippen molar-refractivity contribution in [3.05, 3.63) is 135 Å². The molecule has 3 fully saturated rings. The van der Waals surface area contributed by atoms with Crippen molar-refractivity contribution in [3.63, 3.8) is 0 Å². The lowest BCUT2D eigenvalue weighted by Crippen LogP contribution is -2.50. The molecule has 0 spiro atoms. The molecule has 1 aliphatic carbocycles. The number of aromatic nitrogens is 6. The molecule has 21 nitrogen and oxygen atoms in total. The van der Waals surface area contributed by atoms with Crippen LogP contribution in [0.15, 0.2) is 110 Å². The minimum Gasteiger partial charge on any atom is -0.481 e. The minimum absolute atomic E-state index is 0.102. The number of nitrogens with one attached hydrogen (secondary N) is 3. The number of aliphatic carboxylic acids is 2. The van der Waals surface area contributed by atoms with E-state index in [1.54, 1.807) is 85.5 Å². The Morgan fingerprint density at radius 2 is 1.21 bits per heavy atom. The van der Waals surface area contributed by atoms with Gasteiger partial charge in [-0.1, -0.05) is 140 Å². The lowest BCUT2D eigenvalue weighted by atomic mass is 9.84. The van der Waals surface area contributed by atoms with Crippen LogP contribution in [-0.4, -0.2) is 139 Å². The summed E-state index contributed by atoms with van der Waals surface area (Å²) < 4.78 is 10.9. The van der Waals surface area contributed by atoms with E-state index in [0.717, 1.165) is 97.3 Å². The molecule has 11 aromatic rings. The standard InChI is InChI=1S/C29H34Cl2N6O3S2.C15H19NOS2.C13H17N3OS2.C9H6ClNO3S2.C9H9NOS2/c30-20-15-23(41-17-20)24-27(37-12-10-35(11-13-37)21-4-2-1-3-5-21)42-29(33-24)34-26(38)19-14-22(31)25(32-16-19)36-8-6-18(7-9-36)28(39)40;1-4-15(2,3)9-11(17)8-14-16-12(10-19-14)13-6-5-7-18-13;1-4-13(2,3)16-11(17)15-12-14-9(8-19-12)10-6-5-7-18-10;10-7-2-1-6(16-7)5-4-15-9(11-5)14-3-8(12)13;1-2-11-9-10-7(6-13-9)8-4-3-5-12-8/h14-18,21H,1-13H2,(H,39,40)(H,33,34,38);5-7,10H,4,8-9H2,1-3H3;5-8H,4H2,1-3H3,(H2,14,15,16,17);1-2,4H,3H2,(H,12,13);3-6H,2H2,1H3. The van der Waals surface area contributed by atoms with E-state index in [9.17, 15) is 29.1 Å². The van der Waals surface area contributed by atoms with Crippen LogP contribution in [-0.2, 0) is 20.8 Å². The van der Waals surface area contributed by atoms with Crippen LogP contribution in [0.1, 0.15) is 128 Å². The number of nitrogens with zero attached hydrogens (tertiary/aromatic N) is 9. The lowest BCUT2D eigenvalue weighted by molar-refractivity contribution is -0.142. The van der Waals surface area contributed by atoms with E-state index in [4.69, 9.17) is 54.4 Å². The number of carbonyl (C=O) groups is 5. The second-order valence-corrected chi connectivity index (χ2v) is 37.5. The smallest absolute Gasteiger partial charge is 0.341 e. The highest BCUT2D eigenvalue weighted by Gasteiger charge is 2.31. The first-order chi connectivity index (χ1) is 52.4. The van der Waals surface area contributed by atoms with E-state index in [-0.39, 0.29) is 35.4 Å². The molecule has 0 unspecified atom stereocenters. The SMILES string of the molecule is CCC(C)(C)CC(=O)Cc1nc(-c2cccs2)cs1.CCC(C)(C)NC(=O)Nc1nc(-c2cccs2)cs1.CCOc1nc(-c2cccs2)cs1.O=C(Nc1nc(-c2cc(Cl)cs2)c(N2CCN(C3CCCCC3)CC2)s1)c1cnc(N2CCC(C(=O)O)CC2)c(Cl)c1.O=C(O)COc1nc(-c2ccc(Cl)s2)cs1. The first kappa shape index (κ1) is 84.6. The maximum Gasteiger partial charge on any atom is 0.341 e. The second-order valence-electron chi connectivity index (χ2n) is 26.7. The van der Waals surface area contributed by atoms with E-state index in [1.807, 2.05) is 101 Å². The molecular weight excluding hydrogens is 1640 g/mol. The number of piperidine rings is 1. The summed E-state index contributed by atoms with van der Waals surface area (Å²) in [5.74, 6) is -1.60. The molecule has 5 N–H and O–H groups in total. The lowest BCUT2D eigenvalue weighted by Gasteiger charge is -2.41. The molecule has 1 saturated carbocycles. The quantitative estimate of drug-likeness (QED) is 0.0376. The van der Waals surface area contributed by atoms with Gasteiger partial charge in [0.1, 0.15) is 27.3 Å². The number of amides is 3. The summed E-state index contributed by atoms with van der Waals surface area (Å²) in [5.41, 5.74) is 4.74. The van der Waals surface area contributed by atoms with Crippen molar-refractivity contribution in [1.29, 1.82) is 0 Å². The highest BCUT2D eigenvalue weighted by atomic mass is 35.5. The first-order valence-corrected chi connectivity index (χ1v) is 45.2. The second kappa shape index (κ2) is 41.1. The van der Waals surface area contributed by atoms with Crippen molar-refractivity contribution in [1.82, 2.24) is 40.1 Å². The normalized spacial score (nSPS) is 14.2. The summed E-state index contributed by atoms with van der Waals surface area (Å²) in [4.78, 5) is 97.9. The monoisotopic (exact) mass is 1720 g/mol. The molecule has 0 radical (unpaired) electrons. The van der Waals surface area contributed by atoms with Gasteiger partial charge in [-0.3, -0.25) is 29.9 Å². The van der Waals surface area contributed by atoms with Gasteiger partial charge in [-0.05, 0) is 117 Å². The molecule has 580 valence electrons. The fourth-order valence-corrected chi connectivity index (χ4v) is 20.1. The summed E-state index contributed by atoms with van der Waals surface area (Å²) in [6.07, 6.45) is 12.2. The van der Waals surface area contributed by atoms with Crippen LogP contribution in [0.3, 0.4) is 0 Å². The average molecular weight is 1730 g/mol. The van der Waals surface area contributed by atoms with Crippen molar-refractivity contribution in [2.24, 2.45) is 11.3 Å². The van der Waals surface area contributed by atoms with Gasteiger partial charge in [-0.25, -0.2) is 39.5 Å². The zero-order valence-electron chi connectivity index (χ0n) is 61.1. The van der Waals surface area contributed by atoms with Crippen LogP contribution in [0.5, 0.6) is 10.4 Å². The van der Waals surface area contributed by atoms with Crippen LogP contribution in [0.4, 0.5) is 25.9 Å². The number of anilines is 4. The molecule has 0 aromatic carbocycles. The number of ketones is 1. The number of carbonyl (C=O) groups excluding carboxylic acids is 3. The Morgan fingerprint density at radius 3 is 1.77 bits per heavy atom. The maximum atomic E-state index is 13.3. The largest absolute Gasteiger partial charge is 0.481 e. The molecule has 11 aromatic heterocycles. The van der Waals surface area contributed by atoms with E-state index >= 15 is 0 Å². The van der Waals surface area contributed by atoms with Crippen LogP contribution < -0.4 is 35.2 Å². The molecule has 3 amide bonds. The Morgan fingerprint density at radius 1 is 0.596 bits per heavy atom. The van der Waals surface area contributed by atoms with E-state index in [1.165, 1.54) is 93.4 Å². The van der Waals surface area contributed by atoms with Gasteiger partial charge in [-0.2, -0.15) is 0 Å². The van der Waals surface area contributed by atoms with Crippen molar-refractivity contribution in [3.8, 4) is 63.2 Å². The number of ether oxygens (including phenoxy) is 2. The van der Waals surface area contributed by atoms with Gasteiger partial charge < -0.3 is 34.8 Å². The third kappa shape index (κ3) is 25.6. The fraction of sp³-hybridized carbons (Fsp3) is 0.400. The van der Waals surface area contributed by atoms with Gasteiger partial charge >= 0.3 is 18.0 Å². The average Bonchev–Trinajstić information content (AvgIpc) is 1.70. The van der Waals surface area contributed by atoms with Crippen LogP contribution in [0.2, 0.25) is 14.4 Å². The number of halogens is 3. The number of thiazole rings is 5. The fourth-order valence-electron chi connectivity index (χ4n) is 11.4. The Bertz CT molecular complexity index is 4580. The molecule has 14 rings (SSSR count). The molecular formula is C75H85Cl3N12O9S10. The maximum absolute atomic E-state index is 13.3. The molecule has 34 heteroatoms. The molecule has 2 saturated heterocycles. The number of hydrogen-bond donors (Lipinski definition) is 5. The van der Waals surface area contributed by atoms with E-state index in [0.29, 0.717) is 98.4 Å². The number of rotatable bonds is 24. The Labute approximate surface area is 689 Å². The summed E-state index contributed by atoms with van der Waals surface area (Å²) in [6.45, 7) is 19.7. The summed E-state index contributed by atoms with van der Waals surface area (Å²) in [6, 6.07) is 19.9. The number of urea groups is 1. The van der Waals surface area contributed by atoms with Gasteiger partial charge in [0.25, 0.3) is 16.3 Å². The van der Waals surface area contributed by atoms with E-state index in [2.05, 4.69) is 89.0 Å². The number of Topliss-reactive ketones (excluding diaryl/α,β-unsaturated/α-hetero) is 1. The number of carboxylic acid groups (broad SMARTS) is 2. The zero-order chi connectivity index (χ0) is 77.6. The van der Waals surface area contributed by atoms with Crippen molar-refractivity contribution < 1.29 is 43.7 Å². The highest BCUT2D eigenvalue weighted by Crippen LogP contribution is 2.44. The van der Waals surface area contributed by atoms with Crippen molar-refractivity contribution >= 4 is 199 Å². The molecule has 13 heterocycles. The Hall–Kier alpha value is -6.82. The Balaban J connectivity index is 0.000000158. The third-order valence-electron chi connectivity index (χ3n) is 17.8. The summed E-state index contributed by atoms with van der Waals surface area (Å²) >= 11 is 33.9. The van der Waals surface area contributed by atoms with Crippen LogP contribution in [0, 0.1) is 11.3 Å². The van der Waals surface area contributed by atoms with Gasteiger partial charge in [-0.15, -0.1) is 79.4 Å². The zero-order valence-corrected chi connectivity index (χ0v) is 71.5. The molecule has 0 bridgehead atoms. The molecule has 2 aliphatic heterocycles.